The maximum absolute atomic E-state index is 5.96. The SMILES string of the molecule is Cc1ccc(C2COCCN2)c(N)c1. The van der Waals surface area contributed by atoms with Gasteiger partial charge in [-0.2, -0.15) is 0 Å². The number of anilines is 1. The normalized spacial score (nSPS) is 22.2. The Kier molecular flexibility index (Phi) is 2.70. The summed E-state index contributed by atoms with van der Waals surface area (Å²) in [6, 6.07) is 6.43. The Morgan fingerprint density at radius 3 is 3.00 bits per heavy atom. The predicted molar refractivity (Wildman–Crippen MR) is 57.2 cm³/mol. The lowest BCUT2D eigenvalue weighted by molar-refractivity contribution is 0.0771. The molecule has 1 aromatic carbocycles. The van der Waals surface area contributed by atoms with Gasteiger partial charge in [0.25, 0.3) is 0 Å². The first-order valence-corrected chi connectivity index (χ1v) is 4.94. The van der Waals surface area contributed by atoms with E-state index in [1.807, 2.05) is 13.0 Å². The van der Waals surface area contributed by atoms with Crippen LogP contribution in [0.25, 0.3) is 0 Å². The van der Waals surface area contributed by atoms with Gasteiger partial charge in [-0.25, -0.2) is 0 Å². The first-order valence-electron chi connectivity index (χ1n) is 4.94. The average Bonchev–Trinajstić information content (AvgIpc) is 2.19. The number of ether oxygens (including phenoxy) is 1. The predicted octanol–water partition coefficient (Wildman–Crippen LogP) is 1.24. The van der Waals surface area contributed by atoms with E-state index < -0.39 is 0 Å². The molecule has 1 atom stereocenters. The zero-order valence-corrected chi connectivity index (χ0v) is 8.42. The van der Waals surface area contributed by atoms with E-state index in [1.54, 1.807) is 0 Å². The van der Waals surface area contributed by atoms with Crippen molar-refractivity contribution in [2.45, 2.75) is 13.0 Å². The Morgan fingerprint density at radius 1 is 1.50 bits per heavy atom. The molecular formula is C11H16N2O. The van der Waals surface area contributed by atoms with Crippen molar-refractivity contribution in [2.75, 3.05) is 25.5 Å². The van der Waals surface area contributed by atoms with E-state index in [4.69, 9.17) is 10.5 Å². The van der Waals surface area contributed by atoms with E-state index in [1.165, 1.54) is 5.56 Å². The summed E-state index contributed by atoms with van der Waals surface area (Å²) in [5.41, 5.74) is 9.16. The number of nitrogens with two attached hydrogens (primary N) is 1. The maximum Gasteiger partial charge on any atom is 0.0662 e. The molecule has 3 N–H and O–H groups in total. The van der Waals surface area contributed by atoms with Crippen molar-refractivity contribution in [3.05, 3.63) is 29.3 Å². The molecule has 0 radical (unpaired) electrons. The highest BCUT2D eigenvalue weighted by Gasteiger charge is 2.16. The molecule has 3 nitrogen and oxygen atoms in total. The molecule has 0 amide bonds. The fraction of sp³-hybridized carbons (Fsp3) is 0.455. The minimum absolute atomic E-state index is 0.254. The van der Waals surface area contributed by atoms with Crippen LogP contribution in [0.2, 0.25) is 0 Å². The number of rotatable bonds is 1. The molecule has 0 saturated carbocycles. The van der Waals surface area contributed by atoms with Crippen LogP contribution in [0.3, 0.4) is 0 Å². The van der Waals surface area contributed by atoms with Gasteiger partial charge < -0.3 is 15.8 Å². The zero-order chi connectivity index (χ0) is 9.97. The van der Waals surface area contributed by atoms with Crippen molar-refractivity contribution in [1.29, 1.82) is 0 Å². The van der Waals surface area contributed by atoms with E-state index in [-0.39, 0.29) is 6.04 Å². The molecule has 0 bridgehead atoms. The van der Waals surface area contributed by atoms with E-state index >= 15 is 0 Å². The number of aryl methyl sites for hydroxylation is 1. The lowest BCUT2D eigenvalue weighted by Crippen LogP contribution is -2.34. The lowest BCUT2D eigenvalue weighted by Gasteiger charge is -2.25. The molecule has 1 unspecified atom stereocenters. The number of benzene rings is 1. The van der Waals surface area contributed by atoms with Crippen LogP contribution in [0.4, 0.5) is 5.69 Å². The zero-order valence-electron chi connectivity index (χ0n) is 8.42. The number of hydrogen-bond acceptors (Lipinski definition) is 3. The molecule has 0 spiro atoms. The molecule has 1 heterocycles. The molecule has 1 aliphatic rings. The molecule has 1 aliphatic heterocycles. The summed E-state index contributed by atoms with van der Waals surface area (Å²) in [4.78, 5) is 0. The highest BCUT2D eigenvalue weighted by molar-refractivity contribution is 5.50. The Labute approximate surface area is 84.3 Å². The topological polar surface area (TPSA) is 47.3 Å². The van der Waals surface area contributed by atoms with Gasteiger partial charge in [-0.3, -0.25) is 0 Å². The quantitative estimate of drug-likeness (QED) is 0.658. The first kappa shape index (κ1) is 9.49. The van der Waals surface area contributed by atoms with Gasteiger partial charge >= 0.3 is 0 Å². The van der Waals surface area contributed by atoms with Crippen LogP contribution in [0.5, 0.6) is 0 Å². The molecule has 2 rings (SSSR count). The van der Waals surface area contributed by atoms with Gasteiger partial charge in [0.2, 0.25) is 0 Å². The van der Waals surface area contributed by atoms with Crippen LogP contribution in [0, 0.1) is 6.92 Å². The summed E-state index contributed by atoms with van der Waals surface area (Å²) >= 11 is 0. The Bertz CT molecular complexity index is 319. The largest absolute Gasteiger partial charge is 0.398 e. The minimum atomic E-state index is 0.254. The summed E-state index contributed by atoms with van der Waals surface area (Å²) in [5.74, 6) is 0. The van der Waals surface area contributed by atoms with Gasteiger partial charge in [-0.15, -0.1) is 0 Å². The maximum atomic E-state index is 5.96. The molecule has 1 saturated heterocycles. The van der Waals surface area contributed by atoms with Crippen molar-refractivity contribution in [2.24, 2.45) is 0 Å². The summed E-state index contributed by atoms with van der Waals surface area (Å²) in [5, 5.41) is 3.39. The van der Waals surface area contributed by atoms with Crippen LogP contribution < -0.4 is 11.1 Å². The first-order chi connectivity index (χ1) is 6.77. The van der Waals surface area contributed by atoms with Crippen molar-refractivity contribution in [3.63, 3.8) is 0 Å². The average molecular weight is 192 g/mol. The van der Waals surface area contributed by atoms with Gasteiger partial charge in [0.05, 0.1) is 19.3 Å². The van der Waals surface area contributed by atoms with Crippen LogP contribution in [-0.4, -0.2) is 19.8 Å². The van der Waals surface area contributed by atoms with E-state index in [0.29, 0.717) is 6.61 Å². The van der Waals surface area contributed by atoms with Gasteiger partial charge in [-0.05, 0) is 24.1 Å². The standard InChI is InChI=1S/C11H16N2O/c1-8-2-3-9(10(12)6-8)11-7-14-5-4-13-11/h2-3,6,11,13H,4-5,7,12H2,1H3. The lowest BCUT2D eigenvalue weighted by atomic mass is 10.0. The fourth-order valence-electron chi connectivity index (χ4n) is 1.78. The molecule has 76 valence electrons. The smallest absolute Gasteiger partial charge is 0.0662 e. The number of hydrogen-bond donors (Lipinski definition) is 2. The van der Waals surface area contributed by atoms with Crippen molar-refractivity contribution in [3.8, 4) is 0 Å². The van der Waals surface area contributed by atoms with E-state index in [0.717, 1.165) is 24.4 Å². The van der Waals surface area contributed by atoms with Gasteiger partial charge in [0.1, 0.15) is 0 Å². The third-order valence-electron chi connectivity index (χ3n) is 2.54. The van der Waals surface area contributed by atoms with Crippen molar-refractivity contribution >= 4 is 5.69 Å². The highest BCUT2D eigenvalue weighted by atomic mass is 16.5. The highest BCUT2D eigenvalue weighted by Crippen LogP contribution is 2.22. The molecule has 1 fully saturated rings. The fourth-order valence-corrected chi connectivity index (χ4v) is 1.78. The summed E-state index contributed by atoms with van der Waals surface area (Å²) in [6.07, 6.45) is 0. The molecule has 1 aromatic rings. The van der Waals surface area contributed by atoms with Gasteiger partial charge in [-0.1, -0.05) is 12.1 Å². The second-order valence-corrected chi connectivity index (χ2v) is 3.71. The summed E-state index contributed by atoms with van der Waals surface area (Å²) in [6.45, 7) is 4.46. The van der Waals surface area contributed by atoms with E-state index in [2.05, 4.69) is 17.4 Å². The second kappa shape index (κ2) is 3.98. The van der Waals surface area contributed by atoms with Crippen molar-refractivity contribution < 1.29 is 4.74 Å². The van der Waals surface area contributed by atoms with Crippen LogP contribution in [0.1, 0.15) is 17.2 Å². The van der Waals surface area contributed by atoms with Crippen molar-refractivity contribution in [1.82, 2.24) is 5.32 Å². The monoisotopic (exact) mass is 192 g/mol. The Balaban J connectivity index is 2.22. The Morgan fingerprint density at radius 2 is 2.36 bits per heavy atom. The summed E-state index contributed by atoms with van der Waals surface area (Å²) in [7, 11) is 0. The third-order valence-corrected chi connectivity index (χ3v) is 2.54. The van der Waals surface area contributed by atoms with E-state index in [9.17, 15) is 0 Å². The Hall–Kier alpha value is -1.06. The van der Waals surface area contributed by atoms with Crippen LogP contribution >= 0.6 is 0 Å². The number of nitrogens with one attached hydrogen (secondary N) is 1. The molecule has 3 heteroatoms. The molecule has 0 aliphatic carbocycles. The van der Waals surface area contributed by atoms with Crippen LogP contribution in [0.15, 0.2) is 18.2 Å². The molecule has 14 heavy (non-hydrogen) atoms. The van der Waals surface area contributed by atoms with Gasteiger partial charge in [0.15, 0.2) is 0 Å². The minimum Gasteiger partial charge on any atom is -0.398 e. The van der Waals surface area contributed by atoms with Gasteiger partial charge in [0, 0.05) is 12.2 Å². The molecular weight excluding hydrogens is 176 g/mol. The third kappa shape index (κ3) is 1.89. The number of morpholine rings is 1. The van der Waals surface area contributed by atoms with Crippen LogP contribution in [-0.2, 0) is 4.74 Å². The summed E-state index contributed by atoms with van der Waals surface area (Å²) < 4.78 is 5.40. The second-order valence-electron chi connectivity index (χ2n) is 3.71. The molecule has 0 aromatic heterocycles. The number of nitrogen functional groups attached to an aromatic ring is 1.